The SMILES string of the molecule is CC1CC(OC(=O)CC2CNCCO2)CC(C)(C)C1. The molecule has 0 aromatic carbocycles. The molecule has 0 spiro atoms. The Morgan fingerprint density at radius 2 is 2.21 bits per heavy atom. The molecule has 110 valence electrons. The summed E-state index contributed by atoms with van der Waals surface area (Å²) in [6.07, 6.45) is 3.64. The van der Waals surface area contributed by atoms with Crippen LogP contribution in [0.25, 0.3) is 0 Å². The van der Waals surface area contributed by atoms with Gasteiger partial charge in [-0.2, -0.15) is 0 Å². The Balaban J connectivity index is 1.78. The predicted octanol–water partition coefficient (Wildman–Crippen LogP) is 2.12. The van der Waals surface area contributed by atoms with E-state index < -0.39 is 0 Å². The second-order valence-corrected chi connectivity index (χ2v) is 6.93. The van der Waals surface area contributed by atoms with E-state index in [0.717, 1.165) is 25.9 Å². The molecule has 0 bridgehead atoms. The van der Waals surface area contributed by atoms with Crippen molar-refractivity contribution in [3.8, 4) is 0 Å². The molecular weight excluding hydrogens is 242 g/mol. The number of hydrogen-bond donors (Lipinski definition) is 1. The minimum absolute atomic E-state index is 0.0183. The van der Waals surface area contributed by atoms with Crippen molar-refractivity contribution in [3.63, 3.8) is 0 Å². The quantitative estimate of drug-likeness (QED) is 0.797. The molecule has 2 rings (SSSR count). The third kappa shape index (κ3) is 4.77. The molecule has 1 saturated heterocycles. The third-order valence-corrected chi connectivity index (χ3v) is 4.04. The molecule has 1 aliphatic heterocycles. The smallest absolute Gasteiger partial charge is 0.308 e. The molecule has 0 aromatic heterocycles. The number of ether oxygens (including phenoxy) is 2. The second-order valence-electron chi connectivity index (χ2n) is 6.93. The zero-order valence-corrected chi connectivity index (χ0v) is 12.4. The summed E-state index contributed by atoms with van der Waals surface area (Å²) in [5, 5.41) is 3.23. The van der Waals surface area contributed by atoms with Crippen molar-refractivity contribution in [1.82, 2.24) is 5.32 Å². The molecule has 3 unspecified atom stereocenters. The van der Waals surface area contributed by atoms with Crippen LogP contribution in [0.2, 0.25) is 0 Å². The first-order valence-electron chi connectivity index (χ1n) is 7.46. The van der Waals surface area contributed by atoms with E-state index in [1.807, 2.05) is 0 Å². The highest BCUT2D eigenvalue weighted by atomic mass is 16.5. The highest BCUT2D eigenvalue weighted by molar-refractivity contribution is 5.70. The van der Waals surface area contributed by atoms with Crippen LogP contribution in [-0.4, -0.2) is 37.9 Å². The van der Waals surface area contributed by atoms with E-state index >= 15 is 0 Å². The maximum absolute atomic E-state index is 12.0. The molecule has 1 aliphatic carbocycles. The Morgan fingerprint density at radius 1 is 1.42 bits per heavy atom. The Bertz CT molecular complexity index is 311. The van der Waals surface area contributed by atoms with Crippen LogP contribution in [0.15, 0.2) is 0 Å². The van der Waals surface area contributed by atoms with Gasteiger partial charge in [0.1, 0.15) is 6.10 Å². The van der Waals surface area contributed by atoms with Crippen molar-refractivity contribution in [2.75, 3.05) is 19.7 Å². The molecular formula is C15H27NO3. The van der Waals surface area contributed by atoms with Crippen LogP contribution in [0.1, 0.15) is 46.5 Å². The van der Waals surface area contributed by atoms with E-state index in [2.05, 4.69) is 26.1 Å². The summed E-state index contributed by atoms with van der Waals surface area (Å²) in [7, 11) is 0. The molecule has 4 nitrogen and oxygen atoms in total. The molecule has 1 saturated carbocycles. The monoisotopic (exact) mass is 269 g/mol. The minimum atomic E-state index is -0.108. The van der Waals surface area contributed by atoms with Gasteiger partial charge in [-0.05, 0) is 30.6 Å². The molecule has 3 atom stereocenters. The number of carbonyl (C=O) groups excluding carboxylic acids is 1. The van der Waals surface area contributed by atoms with Gasteiger partial charge in [0, 0.05) is 13.1 Å². The number of morpholine rings is 1. The third-order valence-electron chi connectivity index (χ3n) is 4.04. The Kier molecular flexibility index (Phi) is 4.85. The lowest BCUT2D eigenvalue weighted by Gasteiger charge is -2.38. The molecule has 0 amide bonds. The fourth-order valence-electron chi connectivity index (χ4n) is 3.52. The van der Waals surface area contributed by atoms with Crippen molar-refractivity contribution < 1.29 is 14.3 Å². The van der Waals surface area contributed by atoms with Gasteiger partial charge in [-0.25, -0.2) is 0 Å². The highest BCUT2D eigenvalue weighted by Crippen LogP contribution is 2.39. The average molecular weight is 269 g/mol. The summed E-state index contributed by atoms with van der Waals surface area (Å²) >= 11 is 0. The van der Waals surface area contributed by atoms with Crippen LogP contribution < -0.4 is 5.32 Å². The summed E-state index contributed by atoms with van der Waals surface area (Å²) in [4.78, 5) is 12.0. The van der Waals surface area contributed by atoms with Crippen molar-refractivity contribution in [3.05, 3.63) is 0 Å². The second kappa shape index (κ2) is 6.23. The average Bonchev–Trinajstić information content (AvgIpc) is 2.26. The van der Waals surface area contributed by atoms with Crippen molar-refractivity contribution in [2.45, 2.75) is 58.7 Å². The van der Waals surface area contributed by atoms with Crippen molar-refractivity contribution in [2.24, 2.45) is 11.3 Å². The zero-order valence-electron chi connectivity index (χ0n) is 12.4. The maximum atomic E-state index is 12.0. The topological polar surface area (TPSA) is 47.6 Å². The van der Waals surface area contributed by atoms with Gasteiger partial charge in [-0.15, -0.1) is 0 Å². The van der Waals surface area contributed by atoms with Crippen LogP contribution >= 0.6 is 0 Å². The van der Waals surface area contributed by atoms with Gasteiger partial charge < -0.3 is 14.8 Å². The fourth-order valence-corrected chi connectivity index (χ4v) is 3.52. The summed E-state index contributed by atoms with van der Waals surface area (Å²) in [5.41, 5.74) is 0.283. The standard InChI is InChI=1S/C15H27NO3/c1-11-6-12(9-15(2,3)8-11)19-14(17)7-13-10-16-4-5-18-13/h11-13,16H,4-10H2,1-3H3. The fraction of sp³-hybridized carbons (Fsp3) is 0.933. The number of nitrogens with one attached hydrogen (secondary N) is 1. The lowest BCUT2D eigenvalue weighted by Crippen LogP contribution is -2.40. The van der Waals surface area contributed by atoms with Gasteiger partial charge in [-0.3, -0.25) is 4.79 Å². The van der Waals surface area contributed by atoms with E-state index in [1.165, 1.54) is 6.42 Å². The van der Waals surface area contributed by atoms with Gasteiger partial charge in [0.25, 0.3) is 0 Å². The number of rotatable bonds is 3. The predicted molar refractivity (Wildman–Crippen MR) is 73.9 cm³/mol. The largest absolute Gasteiger partial charge is 0.462 e. The van der Waals surface area contributed by atoms with Gasteiger partial charge in [-0.1, -0.05) is 20.8 Å². The van der Waals surface area contributed by atoms with Crippen molar-refractivity contribution in [1.29, 1.82) is 0 Å². The van der Waals surface area contributed by atoms with E-state index in [-0.39, 0.29) is 23.6 Å². The molecule has 0 radical (unpaired) electrons. The van der Waals surface area contributed by atoms with Crippen LogP contribution in [-0.2, 0) is 14.3 Å². The Labute approximate surface area is 116 Å². The molecule has 2 aliphatic rings. The van der Waals surface area contributed by atoms with Gasteiger partial charge in [0.05, 0.1) is 19.1 Å². The first-order chi connectivity index (χ1) is 8.94. The van der Waals surface area contributed by atoms with E-state index in [4.69, 9.17) is 9.47 Å². The van der Waals surface area contributed by atoms with Crippen LogP contribution in [0.4, 0.5) is 0 Å². The lowest BCUT2D eigenvalue weighted by atomic mass is 9.71. The van der Waals surface area contributed by atoms with Crippen LogP contribution in [0.5, 0.6) is 0 Å². The van der Waals surface area contributed by atoms with Gasteiger partial charge in [0.15, 0.2) is 0 Å². The van der Waals surface area contributed by atoms with Gasteiger partial charge in [0.2, 0.25) is 0 Å². The normalized spacial score (nSPS) is 34.8. The lowest BCUT2D eigenvalue weighted by molar-refractivity contribution is -0.157. The van der Waals surface area contributed by atoms with E-state index in [0.29, 0.717) is 18.9 Å². The molecule has 0 aromatic rings. The van der Waals surface area contributed by atoms with Crippen molar-refractivity contribution >= 4 is 5.97 Å². The van der Waals surface area contributed by atoms with E-state index in [9.17, 15) is 4.79 Å². The summed E-state index contributed by atoms with van der Waals surface area (Å²) in [6, 6.07) is 0. The highest BCUT2D eigenvalue weighted by Gasteiger charge is 2.34. The minimum Gasteiger partial charge on any atom is -0.462 e. The Morgan fingerprint density at radius 3 is 2.84 bits per heavy atom. The first-order valence-corrected chi connectivity index (χ1v) is 7.46. The number of esters is 1. The zero-order chi connectivity index (χ0) is 13.9. The molecule has 1 N–H and O–H groups in total. The van der Waals surface area contributed by atoms with Crippen LogP contribution in [0.3, 0.4) is 0 Å². The molecule has 4 heteroatoms. The molecule has 2 fully saturated rings. The number of hydrogen-bond acceptors (Lipinski definition) is 4. The Hall–Kier alpha value is -0.610. The molecule has 19 heavy (non-hydrogen) atoms. The molecule has 1 heterocycles. The first kappa shape index (κ1) is 14.8. The van der Waals surface area contributed by atoms with Gasteiger partial charge >= 0.3 is 5.97 Å². The van der Waals surface area contributed by atoms with E-state index in [1.54, 1.807) is 0 Å². The summed E-state index contributed by atoms with van der Waals surface area (Å²) < 4.78 is 11.2. The maximum Gasteiger partial charge on any atom is 0.308 e. The summed E-state index contributed by atoms with van der Waals surface area (Å²) in [5.74, 6) is 0.526. The number of carbonyl (C=O) groups is 1. The summed E-state index contributed by atoms with van der Waals surface area (Å²) in [6.45, 7) is 9.08. The van der Waals surface area contributed by atoms with Crippen LogP contribution in [0, 0.1) is 11.3 Å².